The molecule has 0 spiro atoms. The number of nitrogens with zero attached hydrogens (tertiary/aromatic N) is 1. The number of hydrogen-bond donors (Lipinski definition) is 3. The predicted molar refractivity (Wildman–Crippen MR) is 85.5 cm³/mol. The van der Waals surface area contributed by atoms with E-state index in [1.165, 1.54) is 16.7 Å². The molecule has 1 rings (SSSR count). The zero-order valence-electron chi connectivity index (χ0n) is 12.9. The molecule has 1 aliphatic heterocycles. The van der Waals surface area contributed by atoms with E-state index in [2.05, 4.69) is 19.2 Å². The van der Waals surface area contributed by atoms with Gasteiger partial charge in [0, 0.05) is 30.9 Å². The summed E-state index contributed by atoms with van der Waals surface area (Å²) in [6, 6.07) is 0.351. The summed E-state index contributed by atoms with van der Waals surface area (Å²) in [5.41, 5.74) is 5.15. The molecule has 1 aliphatic rings. The van der Waals surface area contributed by atoms with Crippen molar-refractivity contribution in [3.8, 4) is 0 Å². The Hall–Kier alpha value is -0.950. The summed E-state index contributed by atoms with van der Waals surface area (Å²) in [6.07, 6.45) is 2.03. The van der Waals surface area contributed by atoms with Gasteiger partial charge in [-0.3, -0.25) is 4.79 Å². The van der Waals surface area contributed by atoms with Crippen LogP contribution in [0.15, 0.2) is 0 Å². The van der Waals surface area contributed by atoms with Gasteiger partial charge in [-0.05, 0) is 25.2 Å². The maximum absolute atomic E-state index is 11.1. The van der Waals surface area contributed by atoms with Crippen LogP contribution in [0.1, 0.15) is 33.1 Å². The lowest BCUT2D eigenvalue weighted by Gasteiger charge is -2.26. The van der Waals surface area contributed by atoms with Gasteiger partial charge in [0.2, 0.25) is 5.91 Å². The smallest absolute Gasteiger partial charge is 0.407 e. The van der Waals surface area contributed by atoms with Crippen LogP contribution in [0.25, 0.3) is 0 Å². The molecule has 1 fully saturated rings. The third kappa shape index (κ3) is 7.04. The fourth-order valence-electron chi connectivity index (χ4n) is 2.68. The van der Waals surface area contributed by atoms with Crippen molar-refractivity contribution in [3.63, 3.8) is 0 Å². The van der Waals surface area contributed by atoms with Crippen molar-refractivity contribution < 1.29 is 14.7 Å². The van der Waals surface area contributed by atoms with Crippen LogP contribution in [0.4, 0.5) is 4.79 Å². The molecular formula is C14H27N3O3S. The fourth-order valence-corrected chi connectivity index (χ4v) is 3.54. The lowest BCUT2D eigenvalue weighted by Crippen LogP contribution is -2.45. The minimum atomic E-state index is -0.831. The normalized spacial score (nSPS) is 20.0. The second-order valence-corrected chi connectivity index (χ2v) is 7.02. The van der Waals surface area contributed by atoms with Gasteiger partial charge < -0.3 is 21.1 Å². The van der Waals surface area contributed by atoms with E-state index >= 15 is 0 Å². The number of likely N-dealkylation sites (tertiary alicyclic amines) is 1. The first-order valence-corrected chi connectivity index (χ1v) is 8.64. The Kier molecular flexibility index (Phi) is 7.88. The minimum Gasteiger partial charge on any atom is -0.465 e. The number of rotatable bonds is 9. The number of primary amides is 1. The molecule has 0 bridgehead atoms. The quantitative estimate of drug-likeness (QED) is 0.596. The second kappa shape index (κ2) is 9.15. The van der Waals surface area contributed by atoms with Crippen LogP contribution in [0.5, 0.6) is 0 Å². The van der Waals surface area contributed by atoms with Crippen LogP contribution in [0.2, 0.25) is 0 Å². The van der Waals surface area contributed by atoms with E-state index in [-0.39, 0.29) is 18.0 Å². The average Bonchev–Trinajstić information content (AvgIpc) is 2.83. The largest absolute Gasteiger partial charge is 0.465 e. The highest BCUT2D eigenvalue weighted by Gasteiger charge is 2.28. The molecule has 122 valence electrons. The van der Waals surface area contributed by atoms with Crippen LogP contribution in [-0.4, -0.2) is 58.7 Å². The van der Waals surface area contributed by atoms with E-state index < -0.39 is 6.09 Å². The van der Waals surface area contributed by atoms with Crippen molar-refractivity contribution in [3.05, 3.63) is 0 Å². The number of hydrogen-bond acceptors (Lipinski definition) is 4. The van der Waals surface area contributed by atoms with Gasteiger partial charge in [-0.15, -0.1) is 0 Å². The zero-order valence-corrected chi connectivity index (χ0v) is 13.7. The lowest BCUT2D eigenvalue weighted by molar-refractivity contribution is -0.115. The van der Waals surface area contributed by atoms with Crippen LogP contribution < -0.4 is 11.1 Å². The molecule has 6 nitrogen and oxygen atoms in total. The summed E-state index contributed by atoms with van der Waals surface area (Å²) in [5.74, 6) is 1.41. The van der Waals surface area contributed by atoms with Crippen molar-refractivity contribution >= 4 is 23.8 Å². The Balaban J connectivity index is 2.40. The van der Waals surface area contributed by atoms with Gasteiger partial charge in [0.1, 0.15) is 0 Å². The molecule has 0 radical (unpaired) electrons. The zero-order chi connectivity index (χ0) is 15.8. The van der Waals surface area contributed by atoms with Gasteiger partial charge in [-0.1, -0.05) is 13.8 Å². The summed E-state index contributed by atoms with van der Waals surface area (Å²) in [5, 5.41) is 12.6. The Labute approximate surface area is 130 Å². The predicted octanol–water partition coefficient (Wildman–Crippen LogP) is 1.35. The molecule has 0 aromatic carbocycles. The molecular weight excluding hydrogens is 290 g/mol. The van der Waals surface area contributed by atoms with Crippen LogP contribution >= 0.6 is 11.8 Å². The monoisotopic (exact) mass is 317 g/mol. The first kappa shape index (κ1) is 18.1. The first-order chi connectivity index (χ1) is 9.90. The molecule has 1 heterocycles. The van der Waals surface area contributed by atoms with Crippen molar-refractivity contribution in [1.29, 1.82) is 0 Å². The third-order valence-corrected chi connectivity index (χ3v) is 4.71. The molecule has 0 saturated carbocycles. The van der Waals surface area contributed by atoms with Crippen molar-refractivity contribution in [1.82, 2.24) is 10.2 Å². The Morgan fingerprint density at radius 2 is 2.19 bits per heavy atom. The number of carbonyl (C=O) groups excluding carboxylic acids is 1. The summed E-state index contributed by atoms with van der Waals surface area (Å²) in [7, 11) is 0. The highest BCUT2D eigenvalue weighted by atomic mass is 32.2. The van der Waals surface area contributed by atoms with E-state index in [9.17, 15) is 9.59 Å². The highest BCUT2D eigenvalue weighted by Crippen LogP contribution is 2.17. The Morgan fingerprint density at radius 3 is 2.76 bits per heavy atom. The molecule has 0 aromatic heterocycles. The van der Waals surface area contributed by atoms with E-state index in [0.717, 1.165) is 25.0 Å². The molecule has 4 N–H and O–H groups in total. The van der Waals surface area contributed by atoms with Crippen LogP contribution in [0.3, 0.4) is 0 Å². The van der Waals surface area contributed by atoms with E-state index in [1.54, 1.807) is 0 Å². The first-order valence-electron chi connectivity index (χ1n) is 7.49. The van der Waals surface area contributed by atoms with Crippen LogP contribution in [0, 0.1) is 5.92 Å². The number of carboxylic acid groups (broad SMARTS) is 1. The van der Waals surface area contributed by atoms with E-state index in [0.29, 0.717) is 24.8 Å². The molecule has 7 heteroatoms. The van der Waals surface area contributed by atoms with E-state index in [4.69, 9.17) is 10.8 Å². The van der Waals surface area contributed by atoms with Gasteiger partial charge in [-0.2, -0.15) is 11.8 Å². The molecule has 21 heavy (non-hydrogen) atoms. The lowest BCUT2D eigenvalue weighted by atomic mass is 10.0. The number of thioether (sulfide) groups is 1. The molecule has 2 atom stereocenters. The second-order valence-electron chi connectivity index (χ2n) is 5.99. The summed E-state index contributed by atoms with van der Waals surface area (Å²) >= 11 is 1.53. The molecule has 1 saturated heterocycles. The fraction of sp³-hybridized carbons (Fsp3) is 0.857. The van der Waals surface area contributed by atoms with E-state index in [1.807, 2.05) is 0 Å². The molecule has 0 aliphatic carbocycles. The number of nitrogens with one attached hydrogen (secondary N) is 1. The standard InChI is InChI=1S/C14H27N3O3S/c1-10(2)6-11(8-21-9-13(15)18)16-7-12-4-3-5-17(12)14(19)20/h10-12,16H,3-9H2,1-2H3,(H2,15,18)(H,19,20). The van der Waals surface area contributed by atoms with Gasteiger partial charge in [-0.25, -0.2) is 4.79 Å². The molecule has 2 amide bonds. The number of nitrogens with two attached hydrogens (primary N) is 1. The van der Waals surface area contributed by atoms with Crippen molar-refractivity contribution in [2.45, 2.75) is 45.2 Å². The van der Waals surface area contributed by atoms with Crippen molar-refractivity contribution in [2.75, 3.05) is 24.6 Å². The summed E-state index contributed by atoms with van der Waals surface area (Å²) in [6.45, 7) is 5.63. The van der Waals surface area contributed by atoms with Gasteiger partial charge in [0.05, 0.1) is 5.75 Å². The maximum Gasteiger partial charge on any atom is 0.407 e. The SMILES string of the molecule is CC(C)CC(CSCC(N)=O)NCC1CCCN1C(=O)O. The topological polar surface area (TPSA) is 95.7 Å². The van der Waals surface area contributed by atoms with Gasteiger partial charge in [0.25, 0.3) is 0 Å². The Bertz CT molecular complexity index is 352. The number of carbonyl (C=O) groups is 2. The van der Waals surface area contributed by atoms with Crippen LogP contribution in [-0.2, 0) is 4.79 Å². The van der Waals surface area contributed by atoms with Gasteiger partial charge in [0.15, 0.2) is 0 Å². The molecule has 2 unspecified atom stereocenters. The minimum absolute atomic E-state index is 0.0679. The summed E-state index contributed by atoms with van der Waals surface area (Å²) < 4.78 is 0. The maximum atomic E-state index is 11.1. The average molecular weight is 317 g/mol. The Morgan fingerprint density at radius 1 is 1.48 bits per heavy atom. The van der Waals surface area contributed by atoms with Crippen molar-refractivity contribution in [2.24, 2.45) is 11.7 Å². The third-order valence-electron chi connectivity index (χ3n) is 3.58. The highest BCUT2D eigenvalue weighted by molar-refractivity contribution is 7.99. The summed E-state index contributed by atoms with van der Waals surface area (Å²) in [4.78, 5) is 23.4. The van der Waals surface area contributed by atoms with Gasteiger partial charge >= 0.3 is 6.09 Å². The number of amides is 2. The molecule has 0 aromatic rings.